The Kier molecular flexibility index (Phi) is 5.22. The van der Waals surface area contributed by atoms with E-state index in [1.165, 1.54) is 6.92 Å². The van der Waals surface area contributed by atoms with E-state index in [1.807, 2.05) is 31.2 Å². The van der Waals surface area contributed by atoms with E-state index in [2.05, 4.69) is 31.0 Å². The Labute approximate surface area is 170 Å². The van der Waals surface area contributed by atoms with Gasteiger partial charge >= 0.3 is 6.18 Å². The molecule has 0 radical (unpaired) electrons. The molecule has 1 unspecified atom stereocenters. The highest BCUT2D eigenvalue weighted by Crippen LogP contribution is 2.39. The maximum Gasteiger partial charge on any atom is 0.435 e. The van der Waals surface area contributed by atoms with Gasteiger partial charge in [-0.3, -0.25) is 10.4 Å². The summed E-state index contributed by atoms with van der Waals surface area (Å²) in [4.78, 5) is 0. The van der Waals surface area contributed by atoms with Crippen LogP contribution >= 0.6 is 0 Å². The van der Waals surface area contributed by atoms with Crippen molar-refractivity contribution in [3.8, 4) is 5.75 Å². The summed E-state index contributed by atoms with van der Waals surface area (Å²) in [6, 6.07) is 6.64. The minimum absolute atomic E-state index is 0.0116. The molecular formula is C19H22F3N7O. The number of para-hydroxylation sites is 1. The zero-order chi connectivity index (χ0) is 21.5. The number of alkyl halides is 3. The third kappa shape index (κ3) is 3.76. The quantitative estimate of drug-likeness (QED) is 0.607. The van der Waals surface area contributed by atoms with Crippen LogP contribution in [0.3, 0.4) is 0 Å². The maximum absolute atomic E-state index is 13.3. The molecule has 160 valence electrons. The van der Waals surface area contributed by atoms with Gasteiger partial charge in [0.1, 0.15) is 11.8 Å². The van der Waals surface area contributed by atoms with Gasteiger partial charge in [-0.25, -0.2) is 4.68 Å². The second-order valence-corrected chi connectivity index (χ2v) is 7.38. The molecule has 2 heterocycles. The lowest BCUT2D eigenvalue weighted by atomic mass is 10.0. The lowest BCUT2D eigenvalue weighted by Gasteiger charge is -2.24. The van der Waals surface area contributed by atoms with E-state index in [-0.39, 0.29) is 23.3 Å². The second kappa shape index (κ2) is 7.71. The summed E-state index contributed by atoms with van der Waals surface area (Å²) in [5.41, 5.74) is 0.210. The SMILES string of the molecule is COc1ccccc1[C@@H](C)NC(c1[nH]nc(C(F)(F)F)c1C)c1nnnn1C1CC1. The molecule has 4 rings (SSSR count). The molecule has 0 amide bonds. The molecule has 1 aromatic carbocycles. The Morgan fingerprint density at radius 1 is 1.27 bits per heavy atom. The Balaban J connectivity index is 1.75. The summed E-state index contributed by atoms with van der Waals surface area (Å²) in [6.07, 6.45) is -2.69. The van der Waals surface area contributed by atoms with Crippen LogP contribution in [-0.2, 0) is 6.18 Å². The predicted molar refractivity (Wildman–Crippen MR) is 101 cm³/mol. The van der Waals surface area contributed by atoms with Crippen molar-refractivity contribution in [2.75, 3.05) is 7.11 Å². The number of aromatic nitrogens is 6. The number of H-pyrrole nitrogens is 1. The Morgan fingerprint density at radius 2 is 2.00 bits per heavy atom. The van der Waals surface area contributed by atoms with E-state index < -0.39 is 17.9 Å². The molecule has 2 atom stereocenters. The number of halogens is 3. The van der Waals surface area contributed by atoms with Crippen molar-refractivity contribution in [2.45, 2.75) is 51.0 Å². The number of methoxy groups -OCH3 is 1. The van der Waals surface area contributed by atoms with Gasteiger partial charge < -0.3 is 4.74 Å². The minimum atomic E-state index is -4.56. The molecule has 8 nitrogen and oxygen atoms in total. The summed E-state index contributed by atoms with van der Waals surface area (Å²) < 4.78 is 47.2. The number of tetrazole rings is 1. The smallest absolute Gasteiger partial charge is 0.435 e. The minimum Gasteiger partial charge on any atom is -0.496 e. The van der Waals surface area contributed by atoms with E-state index in [1.54, 1.807) is 11.8 Å². The number of aromatic amines is 1. The lowest BCUT2D eigenvalue weighted by molar-refractivity contribution is -0.141. The highest BCUT2D eigenvalue weighted by molar-refractivity contribution is 5.37. The topological polar surface area (TPSA) is 93.5 Å². The van der Waals surface area contributed by atoms with Crippen molar-refractivity contribution in [3.63, 3.8) is 0 Å². The van der Waals surface area contributed by atoms with E-state index in [4.69, 9.17) is 4.74 Å². The van der Waals surface area contributed by atoms with Gasteiger partial charge in [0.05, 0.1) is 18.8 Å². The van der Waals surface area contributed by atoms with Crippen LogP contribution in [0.15, 0.2) is 24.3 Å². The van der Waals surface area contributed by atoms with Gasteiger partial charge in [0.2, 0.25) is 0 Å². The molecule has 2 N–H and O–H groups in total. The van der Waals surface area contributed by atoms with Gasteiger partial charge in [-0.05, 0) is 43.2 Å². The zero-order valence-electron chi connectivity index (χ0n) is 16.7. The van der Waals surface area contributed by atoms with Crippen molar-refractivity contribution in [3.05, 3.63) is 52.6 Å². The highest BCUT2D eigenvalue weighted by Gasteiger charge is 2.40. The molecule has 2 aromatic heterocycles. The van der Waals surface area contributed by atoms with E-state index >= 15 is 0 Å². The number of hydrogen-bond donors (Lipinski definition) is 2. The second-order valence-electron chi connectivity index (χ2n) is 7.38. The average Bonchev–Trinajstić information content (AvgIpc) is 3.31. The molecule has 0 bridgehead atoms. The fourth-order valence-electron chi connectivity index (χ4n) is 3.59. The number of ether oxygens (including phenoxy) is 1. The van der Waals surface area contributed by atoms with E-state index in [0.717, 1.165) is 18.4 Å². The van der Waals surface area contributed by atoms with Gasteiger partial charge in [-0.2, -0.15) is 18.3 Å². The third-order valence-electron chi connectivity index (χ3n) is 5.30. The molecule has 30 heavy (non-hydrogen) atoms. The fourth-order valence-corrected chi connectivity index (χ4v) is 3.59. The van der Waals surface area contributed by atoms with Crippen LogP contribution in [0, 0.1) is 6.92 Å². The number of rotatable bonds is 7. The molecule has 1 aliphatic rings. The van der Waals surface area contributed by atoms with Gasteiger partial charge in [0, 0.05) is 17.2 Å². The first-order valence-corrected chi connectivity index (χ1v) is 9.60. The van der Waals surface area contributed by atoms with E-state index in [9.17, 15) is 13.2 Å². The Hall–Kier alpha value is -2.95. The number of hydrogen-bond acceptors (Lipinski definition) is 6. The number of benzene rings is 1. The Bertz CT molecular complexity index is 1030. The fraction of sp³-hybridized carbons (Fsp3) is 0.474. The van der Waals surface area contributed by atoms with Crippen molar-refractivity contribution in [1.82, 2.24) is 35.7 Å². The largest absolute Gasteiger partial charge is 0.496 e. The molecule has 1 saturated carbocycles. The maximum atomic E-state index is 13.3. The molecule has 0 aliphatic heterocycles. The molecule has 1 aliphatic carbocycles. The van der Waals surface area contributed by atoms with Crippen molar-refractivity contribution in [2.24, 2.45) is 0 Å². The summed E-state index contributed by atoms with van der Waals surface area (Å²) >= 11 is 0. The molecular weight excluding hydrogens is 399 g/mol. The first-order chi connectivity index (χ1) is 14.3. The summed E-state index contributed by atoms with van der Waals surface area (Å²) in [7, 11) is 1.57. The first-order valence-electron chi connectivity index (χ1n) is 9.60. The summed E-state index contributed by atoms with van der Waals surface area (Å²) in [6.45, 7) is 3.31. The van der Waals surface area contributed by atoms with Gasteiger partial charge in [0.25, 0.3) is 0 Å². The molecule has 11 heteroatoms. The number of nitrogens with zero attached hydrogens (tertiary/aromatic N) is 5. The average molecular weight is 421 g/mol. The molecule has 1 fully saturated rings. The third-order valence-corrected chi connectivity index (χ3v) is 5.30. The zero-order valence-corrected chi connectivity index (χ0v) is 16.7. The molecule has 0 spiro atoms. The van der Waals surface area contributed by atoms with Crippen LogP contribution in [-0.4, -0.2) is 37.5 Å². The van der Waals surface area contributed by atoms with Crippen LogP contribution in [0.4, 0.5) is 13.2 Å². The van der Waals surface area contributed by atoms with Crippen LogP contribution in [0.2, 0.25) is 0 Å². The van der Waals surface area contributed by atoms with Crippen LogP contribution < -0.4 is 10.1 Å². The van der Waals surface area contributed by atoms with Crippen molar-refractivity contribution < 1.29 is 17.9 Å². The van der Waals surface area contributed by atoms with Crippen LogP contribution in [0.1, 0.15) is 66.2 Å². The standard InChI is InChI=1S/C19H22F3N7O/c1-10-15(24-25-17(10)19(20,21)22)16(18-26-27-28-29(18)12-8-9-12)23-11(2)13-6-4-5-7-14(13)30-3/h4-7,11-12,16,23H,8-9H2,1-3H3,(H,24,25)/t11-,16?/m1/s1. The van der Waals surface area contributed by atoms with Crippen LogP contribution in [0.25, 0.3) is 0 Å². The van der Waals surface area contributed by atoms with Gasteiger partial charge in [-0.15, -0.1) is 5.10 Å². The van der Waals surface area contributed by atoms with Crippen molar-refractivity contribution >= 4 is 0 Å². The monoisotopic (exact) mass is 421 g/mol. The Morgan fingerprint density at radius 3 is 2.63 bits per heavy atom. The summed E-state index contributed by atoms with van der Waals surface area (Å²) in [5, 5.41) is 21.4. The lowest BCUT2D eigenvalue weighted by Crippen LogP contribution is -2.29. The highest BCUT2D eigenvalue weighted by atomic mass is 19.4. The van der Waals surface area contributed by atoms with E-state index in [0.29, 0.717) is 11.6 Å². The first kappa shape index (κ1) is 20.3. The molecule has 3 aromatic rings. The summed E-state index contributed by atoms with van der Waals surface area (Å²) in [5.74, 6) is 1.12. The van der Waals surface area contributed by atoms with Crippen molar-refractivity contribution in [1.29, 1.82) is 0 Å². The number of nitrogens with one attached hydrogen (secondary N) is 2. The normalized spacial score (nSPS) is 16.5. The van der Waals surface area contributed by atoms with Gasteiger partial charge in [-0.1, -0.05) is 18.2 Å². The van der Waals surface area contributed by atoms with Crippen LogP contribution in [0.5, 0.6) is 5.75 Å². The van der Waals surface area contributed by atoms with Gasteiger partial charge in [0.15, 0.2) is 11.5 Å². The molecule has 0 saturated heterocycles. The predicted octanol–water partition coefficient (Wildman–Crippen LogP) is 3.51.